The van der Waals surface area contributed by atoms with Gasteiger partial charge in [-0.3, -0.25) is 0 Å². The highest BCUT2D eigenvalue weighted by atomic mass is 35.5. The molecule has 2 atom stereocenters. The van der Waals surface area contributed by atoms with Crippen molar-refractivity contribution in [1.82, 2.24) is 0 Å². The normalized spacial score (nSPS) is 26.3. The van der Waals surface area contributed by atoms with Crippen molar-refractivity contribution in [3.8, 4) is 5.75 Å². The summed E-state index contributed by atoms with van der Waals surface area (Å²) in [4.78, 5) is 0. The van der Waals surface area contributed by atoms with Gasteiger partial charge in [0.1, 0.15) is 5.75 Å². The molecule has 1 aromatic carbocycles. The fourth-order valence-corrected chi connectivity index (χ4v) is 2.95. The van der Waals surface area contributed by atoms with Gasteiger partial charge in [-0.05, 0) is 42.9 Å². The van der Waals surface area contributed by atoms with E-state index in [4.69, 9.17) is 11.6 Å². The third-order valence-electron chi connectivity index (χ3n) is 3.43. The quantitative estimate of drug-likeness (QED) is 0.607. The fraction of sp³-hybridized carbons (Fsp3) is 0.571. The Kier molecular flexibility index (Phi) is 4.11. The van der Waals surface area contributed by atoms with Gasteiger partial charge >= 0.3 is 0 Å². The topological polar surface area (TPSA) is 20.2 Å². The summed E-state index contributed by atoms with van der Waals surface area (Å²) in [5, 5.41) is 9.59. The molecule has 88 valence electrons. The van der Waals surface area contributed by atoms with Crippen LogP contribution in [0.2, 0.25) is 0 Å². The lowest BCUT2D eigenvalue weighted by atomic mass is 9.92. The molecule has 1 aliphatic rings. The average Bonchev–Trinajstić information content (AvgIpc) is 2.46. The van der Waals surface area contributed by atoms with Crippen molar-refractivity contribution in [2.75, 3.05) is 0 Å². The zero-order chi connectivity index (χ0) is 11.4. The van der Waals surface area contributed by atoms with E-state index in [-0.39, 0.29) is 0 Å². The minimum absolute atomic E-state index is 0.347. The predicted octanol–water partition coefficient (Wildman–Crippen LogP) is 4.12. The first-order chi connectivity index (χ1) is 7.74. The number of phenolic OH excluding ortho intramolecular Hbond substituents is 1. The molecular weight excluding hydrogens is 220 g/mol. The molecule has 0 amide bonds. The van der Waals surface area contributed by atoms with Gasteiger partial charge in [-0.15, -0.1) is 11.6 Å². The molecule has 2 unspecified atom stereocenters. The van der Waals surface area contributed by atoms with Gasteiger partial charge in [0, 0.05) is 5.38 Å². The van der Waals surface area contributed by atoms with Crippen molar-refractivity contribution in [2.24, 2.45) is 5.92 Å². The van der Waals surface area contributed by atoms with Gasteiger partial charge in [0.05, 0.1) is 0 Å². The summed E-state index contributed by atoms with van der Waals surface area (Å²) in [7, 11) is 0. The molecule has 0 bridgehead atoms. The molecule has 1 nitrogen and oxygen atoms in total. The number of halogens is 1. The summed E-state index contributed by atoms with van der Waals surface area (Å²) < 4.78 is 0. The van der Waals surface area contributed by atoms with Gasteiger partial charge in [0.15, 0.2) is 0 Å². The maximum absolute atomic E-state index is 9.23. The van der Waals surface area contributed by atoms with Crippen molar-refractivity contribution in [3.63, 3.8) is 0 Å². The Hall–Kier alpha value is -0.690. The lowest BCUT2D eigenvalue weighted by Gasteiger charge is -2.15. The van der Waals surface area contributed by atoms with Crippen LogP contribution >= 0.6 is 11.6 Å². The Labute approximate surface area is 102 Å². The van der Waals surface area contributed by atoms with Crippen LogP contribution in [0, 0.1) is 5.92 Å². The highest BCUT2D eigenvalue weighted by Crippen LogP contribution is 2.29. The second-order valence-corrected chi connectivity index (χ2v) is 5.47. The van der Waals surface area contributed by atoms with Crippen molar-refractivity contribution in [2.45, 2.75) is 43.9 Å². The minimum atomic E-state index is 0.347. The van der Waals surface area contributed by atoms with Gasteiger partial charge in [-0.2, -0.15) is 0 Å². The lowest BCUT2D eigenvalue weighted by Crippen LogP contribution is -2.08. The van der Waals surface area contributed by atoms with E-state index < -0.39 is 0 Å². The van der Waals surface area contributed by atoms with Crippen LogP contribution in [0.5, 0.6) is 5.75 Å². The second kappa shape index (κ2) is 5.58. The van der Waals surface area contributed by atoms with E-state index in [2.05, 4.69) is 0 Å². The van der Waals surface area contributed by atoms with Crippen LogP contribution in [0.15, 0.2) is 24.3 Å². The van der Waals surface area contributed by atoms with E-state index in [1.807, 2.05) is 12.1 Å². The predicted molar refractivity (Wildman–Crippen MR) is 68.0 cm³/mol. The Morgan fingerprint density at radius 2 is 1.81 bits per heavy atom. The molecule has 1 aromatic rings. The van der Waals surface area contributed by atoms with Crippen molar-refractivity contribution in [3.05, 3.63) is 29.8 Å². The van der Waals surface area contributed by atoms with E-state index >= 15 is 0 Å². The first kappa shape index (κ1) is 11.8. The Morgan fingerprint density at radius 1 is 1.12 bits per heavy atom. The third kappa shape index (κ3) is 3.41. The van der Waals surface area contributed by atoms with Crippen LogP contribution in [0.25, 0.3) is 0 Å². The molecule has 1 saturated carbocycles. The molecule has 0 saturated heterocycles. The molecule has 0 heterocycles. The third-order valence-corrected chi connectivity index (χ3v) is 3.83. The smallest absolute Gasteiger partial charge is 0.115 e. The minimum Gasteiger partial charge on any atom is -0.508 e. The van der Waals surface area contributed by atoms with Gasteiger partial charge in [0.2, 0.25) is 0 Å². The molecular formula is C14H19ClO. The van der Waals surface area contributed by atoms with Gasteiger partial charge in [0.25, 0.3) is 0 Å². The first-order valence-electron chi connectivity index (χ1n) is 6.16. The molecule has 0 spiro atoms. The average molecular weight is 239 g/mol. The van der Waals surface area contributed by atoms with E-state index in [1.54, 1.807) is 12.1 Å². The molecule has 1 N–H and O–H groups in total. The molecule has 0 aliphatic heterocycles. The highest BCUT2D eigenvalue weighted by Gasteiger charge is 2.18. The Bertz CT molecular complexity index is 320. The van der Waals surface area contributed by atoms with Crippen LogP contribution in [-0.4, -0.2) is 10.5 Å². The fourth-order valence-electron chi connectivity index (χ4n) is 2.55. The molecule has 1 fully saturated rings. The maximum atomic E-state index is 9.23. The summed E-state index contributed by atoms with van der Waals surface area (Å²) in [6.45, 7) is 0. The SMILES string of the molecule is Oc1ccc(CC2CCCCC(Cl)C2)cc1. The number of alkyl halides is 1. The van der Waals surface area contributed by atoms with Gasteiger partial charge < -0.3 is 5.11 Å². The monoisotopic (exact) mass is 238 g/mol. The molecule has 0 aromatic heterocycles. The molecule has 0 radical (unpaired) electrons. The van der Waals surface area contributed by atoms with Gasteiger partial charge in [-0.1, -0.05) is 31.4 Å². The highest BCUT2D eigenvalue weighted by molar-refractivity contribution is 6.20. The standard InChI is InChI=1S/C14H19ClO/c15-13-4-2-1-3-12(10-13)9-11-5-7-14(16)8-6-11/h5-8,12-13,16H,1-4,9-10H2. The van der Waals surface area contributed by atoms with E-state index in [1.165, 1.54) is 31.2 Å². The molecule has 1 aliphatic carbocycles. The van der Waals surface area contributed by atoms with Crippen molar-refractivity contribution in [1.29, 1.82) is 0 Å². The molecule has 16 heavy (non-hydrogen) atoms. The zero-order valence-corrected chi connectivity index (χ0v) is 10.3. The van der Waals surface area contributed by atoms with Crippen LogP contribution in [0.3, 0.4) is 0 Å². The number of hydrogen-bond acceptors (Lipinski definition) is 1. The molecule has 2 heteroatoms. The number of hydrogen-bond donors (Lipinski definition) is 1. The summed E-state index contributed by atoms with van der Waals surface area (Å²) in [5.74, 6) is 1.06. The second-order valence-electron chi connectivity index (χ2n) is 4.85. The Balaban J connectivity index is 1.95. The lowest BCUT2D eigenvalue weighted by molar-refractivity contribution is 0.458. The number of phenols is 1. The van der Waals surface area contributed by atoms with Crippen LogP contribution in [-0.2, 0) is 6.42 Å². The van der Waals surface area contributed by atoms with Crippen LogP contribution < -0.4 is 0 Å². The van der Waals surface area contributed by atoms with Crippen molar-refractivity contribution >= 4 is 11.6 Å². The van der Waals surface area contributed by atoms with Crippen LogP contribution in [0.1, 0.15) is 37.7 Å². The van der Waals surface area contributed by atoms with E-state index in [0.29, 0.717) is 11.1 Å². The number of aromatic hydroxyl groups is 1. The maximum Gasteiger partial charge on any atom is 0.115 e. The first-order valence-corrected chi connectivity index (χ1v) is 6.59. The summed E-state index contributed by atoms with van der Waals surface area (Å²) >= 11 is 6.27. The van der Waals surface area contributed by atoms with E-state index in [9.17, 15) is 5.11 Å². The van der Waals surface area contributed by atoms with Crippen LogP contribution in [0.4, 0.5) is 0 Å². The summed E-state index contributed by atoms with van der Waals surface area (Å²) in [6.07, 6.45) is 7.30. The summed E-state index contributed by atoms with van der Waals surface area (Å²) in [6, 6.07) is 7.57. The molecule has 2 rings (SSSR count). The Morgan fingerprint density at radius 3 is 2.56 bits per heavy atom. The summed E-state index contributed by atoms with van der Waals surface area (Å²) in [5.41, 5.74) is 1.31. The van der Waals surface area contributed by atoms with Gasteiger partial charge in [-0.25, -0.2) is 0 Å². The largest absolute Gasteiger partial charge is 0.508 e. The van der Waals surface area contributed by atoms with Crippen molar-refractivity contribution < 1.29 is 5.11 Å². The number of rotatable bonds is 2. The zero-order valence-electron chi connectivity index (χ0n) is 9.53. The number of benzene rings is 1. The van der Waals surface area contributed by atoms with E-state index in [0.717, 1.165) is 18.8 Å².